The van der Waals surface area contributed by atoms with Crippen molar-refractivity contribution < 1.29 is 27.9 Å². The van der Waals surface area contributed by atoms with Crippen molar-refractivity contribution >= 4 is 23.5 Å². The molecule has 2 aromatic carbocycles. The molecule has 0 saturated heterocycles. The van der Waals surface area contributed by atoms with Gasteiger partial charge in [-0.15, -0.1) is 0 Å². The molecule has 1 unspecified atom stereocenters. The molecule has 3 rings (SSSR count). The fourth-order valence-electron chi connectivity index (χ4n) is 3.90. The molecule has 0 radical (unpaired) electrons. The second-order valence-electron chi connectivity index (χ2n) is 8.17. The summed E-state index contributed by atoms with van der Waals surface area (Å²) in [5, 5.41) is 12.1. The first kappa shape index (κ1) is 27.7. The molecule has 4 N–H and O–H groups in total. The van der Waals surface area contributed by atoms with Crippen LogP contribution in [0.15, 0.2) is 52.1 Å². The van der Waals surface area contributed by atoms with Crippen molar-refractivity contribution in [3.63, 3.8) is 0 Å². The normalized spacial score (nSPS) is 12.3. The van der Waals surface area contributed by atoms with Gasteiger partial charge in [-0.3, -0.25) is 18.7 Å². The number of rotatable bonds is 7. The fraction of sp³-hybridized carbons (Fsp3) is 0.250. The van der Waals surface area contributed by atoms with E-state index in [1.165, 1.54) is 30.3 Å². The van der Waals surface area contributed by atoms with Gasteiger partial charge in [0.15, 0.2) is 0 Å². The maximum Gasteiger partial charge on any atom is 0.432 e. The van der Waals surface area contributed by atoms with E-state index in [1.807, 2.05) is 0 Å². The minimum Gasteiger partial charge on any atom is -0.480 e. The highest BCUT2D eigenvalue weighted by atomic mass is 35.5. The molecule has 0 saturated carbocycles. The monoisotopic (exact) mass is 538 g/mol. The number of benzene rings is 2. The van der Waals surface area contributed by atoms with E-state index in [1.54, 1.807) is 12.1 Å². The molecule has 13 heteroatoms. The first-order valence-electron chi connectivity index (χ1n) is 10.8. The molecule has 1 aromatic heterocycles. The SMILES string of the molecule is Cn1c(C(F)(F)F)c(-c2ccc(CC(NC(=O)c3c(Cl)cccc3CN)C(=O)O)cc2)c(=O)n(C)c1=O. The average Bonchev–Trinajstić information content (AvgIpc) is 2.83. The second-order valence-corrected chi connectivity index (χ2v) is 8.58. The summed E-state index contributed by atoms with van der Waals surface area (Å²) in [4.78, 5) is 49.2. The van der Waals surface area contributed by atoms with Crippen LogP contribution in [0.4, 0.5) is 13.2 Å². The molecule has 1 amide bonds. The van der Waals surface area contributed by atoms with Crippen LogP contribution in [0.2, 0.25) is 5.02 Å². The summed E-state index contributed by atoms with van der Waals surface area (Å²) in [7, 11) is 1.98. The number of carbonyl (C=O) groups excluding carboxylic acids is 1. The van der Waals surface area contributed by atoms with Crippen LogP contribution in [0.5, 0.6) is 0 Å². The minimum atomic E-state index is -4.99. The Morgan fingerprint density at radius 3 is 2.24 bits per heavy atom. The van der Waals surface area contributed by atoms with Crippen molar-refractivity contribution in [2.75, 3.05) is 0 Å². The minimum absolute atomic E-state index is 0.00697. The van der Waals surface area contributed by atoms with Gasteiger partial charge in [0.2, 0.25) is 0 Å². The van der Waals surface area contributed by atoms with Crippen molar-refractivity contribution in [3.8, 4) is 11.1 Å². The Kier molecular flexibility index (Phi) is 7.94. The molecular formula is C24H22ClF3N4O5. The van der Waals surface area contributed by atoms with Crippen LogP contribution in [0.25, 0.3) is 11.1 Å². The van der Waals surface area contributed by atoms with Gasteiger partial charge in [0.05, 0.1) is 16.1 Å². The molecular weight excluding hydrogens is 517 g/mol. The number of hydrogen-bond donors (Lipinski definition) is 3. The number of aromatic nitrogens is 2. The highest BCUT2D eigenvalue weighted by molar-refractivity contribution is 6.34. The molecule has 0 bridgehead atoms. The van der Waals surface area contributed by atoms with E-state index >= 15 is 0 Å². The lowest BCUT2D eigenvalue weighted by Gasteiger charge is -2.18. The van der Waals surface area contributed by atoms with Crippen LogP contribution in [0, 0.1) is 0 Å². The smallest absolute Gasteiger partial charge is 0.432 e. The Balaban J connectivity index is 1.95. The van der Waals surface area contributed by atoms with Crippen LogP contribution >= 0.6 is 11.6 Å². The van der Waals surface area contributed by atoms with Crippen molar-refractivity contribution in [3.05, 3.63) is 90.7 Å². The van der Waals surface area contributed by atoms with E-state index in [9.17, 15) is 37.5 Å². The number of aliphatic carboxylic acids is 1. The third kappa shape index (κ3) is 5.59. The summed E-state index contributed by atoms with van der Waals surface area (Å²) in [6.07, 6.45) is -5.21. The number of hydrogen-bond acceptors (Lipinski definition) is 5. The zero-order valence-electron chi connectivity index (χ0n) is 19.6. The number of nitrogens with zero attached hydrogens (tertiary/aromatic N) is 2. The van der Waals surface area contributed by atoms with E-state index in [0.717, 1.165) is 14.1 Å². The zero-order valence-corrected chi connectivity index (χ0v) is 20.4. The van der Waals surface area contributed by atoms with Crippen LogP contribution in [-0.4, -0.2) is 32.2 Å². The van der Waals surface area contributed by atoms with Gasteiger partial charge in [0.25, 0.3) is 11.5 Å². The third-order valence-electron chi connectivity index (χ3n) is 5.77. The van der Waals surface area contributed by atoms with Gasteiger partial charge in [0.1, 0.15) is 11.7 Å². The number of carboxylic acids is 1. The van der Waals surface area contributed by atoms with Crippen molar-refractivity contribution in [1.29, 1.82) is 0 Å². The maximum atomic E-state index is 13.7. The van der Waals surface area contributed by atoms with Crippen molar-refractivity contribution in [1.82, 2.24) is 14.5 Å². The number of amides is 1. The summed E-state index contributed by atoms with van der Waals surface area (Å²) in [6, 6.07) is 8.33. The fourth-order valence-corrected chi connectivity index (χ4v) is 4.18. The lowest BCUT2D eigenvalue weighted by Crippen LogP contribution is -2.42. The molecule has 1 atom stereocenters. The Labute approximate surface area is 212 Å². The van der Waals surface area contributed by atoms with Gasteiger partial charge >= 0.3 is 17.8 Å². The van der Waals surface area contributed by atoms with Gasteiger partial charge in [-0.2, -0.15) is 13.2 Å². The largest absolute Gasteiger partial charge is 0.480 e. The standard InChI is InChI=1S/C24H22ClF3N4O5/c1-31-19(24(26,27)28)18(21(34)32(2)23(31)37)13-8-6-12(7-9-13)10-16(22(35)36)30-20(33)17-14(11-29)4-3-5-15(17)25/h3-9,16H,10-11,29H2,1-2H3,(H,30,33)(H,35,36). The Hall–Kier alpha value is -3.90. The molecule has 0 spiro atoms. The summed E-state index contributed by atoms with van der Waals surface area (Å²) in [5.41, 5.74) is 1.94. The second kappa shape index (κ2) is 10.6. The lowest BCUT2D eigenvalue weighted by atomic mass is 9.99. The van der Waals surface area contributed by atoms with Gasteiger partial charge < -0.3 is 16.2 Å². The van der Waals surface area contributed by atoms with E-state index in [4.69, 9.17) is 17.3 Å². The topological polar surface area (TPSA) is 136 Å². The number of carbonyl (C=O) groups is 2. The Bertz CT molecular complexity index is 1480. The molecule has 37 heavy (non-hydrogen) atoms. The lowest BCUT2D eigenvalue weighted by molar-refractivity contribution is -0.143. The predicted molar refractivity (Wildman–Crippen MR) is 129 cm³/mol. The highest BCUT2D eigenvalue weighted by Gasteiger charge is 2.39. The summed E-state index contributed by atoms with van der Waals surface area (Å²) in [6.45, 7) is -0.00697. The van der Waals surface area contributed by atoms with Gasteiger partial charge in [-0.05, 0) is 22.8 Å². The first-order chi connectivity index (χ1) is 17.3. The molecule has 0 aliphatic heterocycles. The van der Waals surface area contributed by atoms with Gasteiger partial charge in [-0.1, -0.05) is 48.0 Å². The molecule has 3 aromatic rings. The van der Waals surface area contributed by atoms with Crippen LogP contribution in [0.3, 0.4) is 0 Å². The van der Waals surface area contributed by atoms with Crippen molar-refractivity contribution in [2.45, 2.75) is 25.2 Å². The third-order valence-corrected chi connectivity index (χ3v) is 6.08. The number of halogens is 4. The van der Waals surface area contributed by atoms with Gasteiger partial charge in [-0.25, -0.2) is 9.59 Å². The summed E-state index contributed by atoms with van der Waals surface area (Å²) in [5.74, 6) is -2.11. The van der Waals surface area contributed by atoms with E-state index in [2.05, 4.69) is 5.32 Å². The molecule has 9 nitrogen and oxygen atoms in total. The number of nitrogens with two attached hydrogens (primary N) is 1. The Morgan fingerprint density at radius 1 is 1.08 bits per heavy atom. The number of carboxylic acid groups (broad SMARTS) is 1. The van der Waals surface area contributed by atoms with E-state index < -0.39 is 46.6 Å². The highest BCUT2D eigenvalue weighted by Crippen LogP contribution is 2.34. The van der Waals surface area contributed by atoms with Crippen molar-refractivity contribution in [2.24, 2.45) is 19.8 Å². The quantitative estimate of drug-likeness (QED) is 0.422. The van der Waals surface area contributed by atoms with E-state index in [-0.39, 0.29) is 29.1 Å². The van der Waals surface area contributed by atoms with Crippen LogP contribution in [0.1, 0.15) is 27.2 Å². The molecule has 0 aliphatic carbocycles. The average molecular weight is 539 g/mol. The van der Waals surface area contributed by atoms with Gasteiger partial charge in [0, 0.05) is 27.1 Å². The number of nitrogens with one attached hydrogen (secondary N) is 1. The molecule has 0 fully saturated rings. The number of alkyl halides is 3. The first-order valence-corrected chi connectivity index (χ1v) is 11.1. The molecule has 0 aliphatic rings. The Morgan fingerprint density at radius 2 is 1.70 bits per heavy atom. The maximum absolute atomic E-state index is 13.7. The predicted octanol–water partition coefficient (Wildman–Crippen LogP) is 2.31. The molecule has 1 heterocycles. The van der Waals surface area contributed by atoms with Crippen LogP contribution < -0.4 is 22.3 Å². The zero-order chi connectivity index (χ0) is 27.7. The van der Waals surface area contributed by atoms with E-state index in [0.29, 0.717) is 20.3 Å². The summed E-state index contributed by atoms with van der Waals surface area (Å²) >= 11 is 6.10. The molecule has 196 valence electrons. The van der Waals surface area contributed by atoms with Crippen LogP contribution in [-0.2, 0) is 38.0 Å². The summed E-state index contributed by atoms with van der Waals surface area (Å²) < 4.78 is 42.1.